The van der Waals surface area contributed by atoms with Crippen LogP contribution in [-0.4, -0.2) is 26.0 Å². The molecule has 0 atom stereocenters. The molecule has 8 nitrogen and oxygen atoms in total. The molecule has 0 radical (unpaired) electrons. The number of hydrogen-bond donors (Lipinski definition) is 1. The molecule has 0 saturated heterocycles. The van der Waals surface area contributed by atoms with Crippen molar-refractivity contribution in [2.24, 2.45) is 0 Å². The van der Waals surface area contributed by atoms with Gasteiger partial charge in [-0.05, 0) is 18.8 Å². The summed E-state index contributed by atoms with van der Waals surface area (Å²) in [7, 11) is 0. The summed E-state index contributed by atoms with van der Waals surface area (Å²) < 4.78 is 5.48. The van der Waals surface area contributed by atoms with Crippen LogP contribution < -0.4 is 4.74 Å². The normalized spacial score (nSPS) is 10.3. The van der Waals surface area contributed by atoms with Crippen LogP contribution in [0, 0.1) is 10.1 Å². The number of nitro groups is 1. The topological polar surface area (TPSA) is 107 Å². The Labute approximate surface area is 84.2 Å². The summed E-state index contributed by atoms with van der Waals surface area (Å²) in [6.45, 7) is 3.40. The lowest BCUT2D eigenvalue weighted by Crippen LogP contribution is -2.10. The molecule has 1 aromatic rings. The van der Waals surface area contributed by atoms with Crippen LogP contribution in [0.25, 0.3) is 0 Å². The van der Waals surface area contributed by atoms with Gasteiger partial charge in [0, 0.05) is 0 Å². The van der Waals surface area contributed by atoms with Gasteiger partial charge in [0.15, 0.2) is 0 Å². The third-order valence-electron chi connectivity index (χ3n) is 1.56. The van der Waals surface area contributed by atoms with Gasteiger partial charge in [-0.2, -0.15) is 0 Å². The molecule has 0 bridgehead atoms. The molecule has 0 aliphatic carbocycles. The minimum Gasteiger partial charge on any atom is -0.449 e. The molecule has 0 spiro atoms. The lowest BCUT2D eigenvalue weighted by atomic mass is 10.4. The Balaban J connectivity index is 3.11. The van der Waals surface area contributed by atoms with Crippen LogP contribution in [0.2, 0.25) is 0 Å². The van der Waals surface area contributed by atoms with E-state index in [9.17, 15) is 14.9 Å². The third kappa shape index (κ3) is 2.42. The monoisotopic (exact) mass is 215 g/mol. The van der Waals surface area contributed by atoms with Gasteiger partial charge in [0.2, 0.25) is 0 Å². The maximum Gasteiger partial charge on any atom is 0.512 e. The van der Waals surface area contributed by atoms with E-state index in [-0.39, 0.29) is 11.9 Å². The molecule has 8 heteroatoms. The Morgan fingerprint density at radius 2 is 2.33 bits per heavy atom. The SMILES string of the molecule is CC(C)n1nc([N+](=O)[O-])cc1OC(=O)O. The fourth-order valence-electron chi connectivity index (χ4n) is 0.990. The third-order valence-corrected chi connectivity index (χ3v) is 1.56. The van der Waals surface area contributed by atoms with Gasteiger partial charge in [0.1, 0.15) is 6.07 Å². The van der Waals surface area contributed by atoms with Crippen LogP contribution in [0.15, 0.2) is 6.07 Å². The summed E-state index contributed by atoms with van der Waals surface area (Å²) in [6.07, 6.45) is -1.54. The Morgan fingerprint density at radius 3 is 2.73 bits per heavy atom. The molecule has 0 fully saturated rings. The molecular formula is C7H9N3O5. The maximum atomic E-state index is 10.4. The van der Waals surface area contributed by atoms with Crippen molar-refractivity contribution in [2.45, 2.75) is 19.9 Å². The fourth-order valence-corrected chi connectivity index (χ4v) is 0.990. The molecule has 0 aromatic carbocycles. The standard InChI is InChI=1S/C7H9N3O5/c1-4(2)9-6(15-7(11)12)3-5(8-9)10(13)14/h3-4H,1-2H3,(H,11,12). The van der Waals surface area contributed by atoms with Gasteiger partial charge in [-0.1, -0.05) is 0 Å². The molecule has 82 valence electrons. The minimum atomic E-state index is -1.54. The van der Waals surface area contributed by atoms with Crippen molar-refractivity contribution >= 4 is 12.0 Å². The lowest BCUT2D eigenvalue weighted by molar-refractivity contribution is -0.389. The molecule has 1 rings (SSSR count). The number of rotatable bonds is 3. The van der Waals surface area contributed by atoms with Crippen LogP contribution in [0.1, 0.15) is 19.9 Å². The number of nitrogens with zero attached hydrogens (tertiary/aromatic N) is 3. The number of ether oxygens (including phenoxy) is 1. The minimum absolute atomic E-state index is 0.163. The summed E-state index contributed by atoms with van der Waals surface area (Å²) in [5.74, 6) is -0.607. The van der Waals surface area contributed by atoms with E-state index in [0.717, 1.165) is 10.7 Å². The average molecular weight is 215 g/mol. The van der Waals surface area contributed by atoms with Crippen molar-refractivity contribution in [3.63, 3.8) is 0 Å². The Kier molecular flexibility index (Phi) is 2.88. The van der Waals surface area contributed by atoms with Crippen molar-refractivity contribution in [2.75, 3.05) is 0 Å². The highest BCUT2D eigenvalue weighted by atomic mass is 16.7. The first-order chi connectivity index (χ1) is 6.91. The molecule has 0 unspecified atom stereocenters. The zero-order valence-corrected chi connectivity index (χ0v) is 8.08. The highest BCUT2D eigenvalue weighted by molar-refractivity contribution is 5.60. The van der Waals surface area contributed by atoms with Gasteiger partial charge in [-0.3, -0.25) is 0 Å². The van der Waals surface area contributed by atoms with Crippen LogP contribution in [0.4, 0.5) is 10.6 Å². The number of hydrogen-bond acceptors (Lipinski definition) is 5. The fraction of sp³-hybridized carbons (Fsp3) is 0.429. The molecule has 1 N–H and O–H groups in total. The van der Waals surface area contributed by atoms with Gasteiger partial charge in [0.25, 0.3) is 5.88 Å². The molecular weight excluding hydrogens is 206 g/mol. The van der Waals surface area contributed by atoms with Crippen LogP contribution in [0.3, 0.4) is 0 Å². The number of carbonyl (C=O) groups is 1. The zero-order valence-electron chi connectivity index (χ0n) is 8.08. The van der Waals surface area contributed by atoms with Gasteiger partial charge in [-0.25, -0.2) is 4.79 Å². The Hall–Kier alpha value is -2.12. The van der Waals surface area contributed by atoms with Crippen molar-refractivity contribution in [1.82, 2.24) is 9.78 Å². The van der Waals surface area contributed by atoms with E-state index in [1.54, 1.807) is 13.8 Å². The van der Waals surface area contributed by atoms with Gasteiger partial charge >= 0.3 is 12.0 Å². The van der Waals surface area contributed by atoms with Crippen LogP contribution >= 0.6 is 0 Å². The average Bonchev–Trinajstić information content (AvgIpc) is 2.46. The summed E-state index contributed by atoms with van der Waals surface area (Å²) in [5, 5.41) is 22.4. The molecule has 0 aliphatic rings. The van der Waals surface area contributed by atoms with E-state index in [1.807, 2.05) is 0 Å². The molecule has 0 saturated carbocycles. The van der Waals surface area contributed by atoms with Gasteiger partial charge < -0.3 is 20.0 Å². The van der Waals surface area contributed by atoms with E-state index < -0.39 is 16.9 Å². The Morgan fingerprint density at radius 1 is 1.73 bits per heavy atom. The first-order valence-electron chi connectivity index (χ1n) is 4.06. The molecule has 0 aliphatic heterocycles. The second-order valence-corrected chi connectivity index (χ2v) is 3.00. The molecule has 0 amide bonds. The summed E-state index contributed by atoms with van der Waals surface area (Å²) in [6, 6.07) is 0.738. The predicted molar refractivity (Wildman–Crippen MR) is 47.9 cm³/mol. The van der Waals surface area contributed by atoms with Crippen molar-refractivity contribution in [3.8, 4) is 5.88 Å². The summed E-state index contributed by atoms with van der Waals surface area (Å²) in [5.41, 5.74) is 0. The first kappa shape index (κ1) is 11.0. The Bertz CT molecular complexity index is 397. The zero-order chi connectivity index (χ0) is 11.6. The second-order valence-electron chi connectivity index (χ2n) is 3.00. The smallest absolute Gasteiger partial charge is 0.449 e. The summed E-state index contributed by atoms with van der Waals surface area (Å²) >= 11 is 0. The summed E-state index contributed by atoms with van der Waals surface area (Å²) in [4.78, 5) is 20.0. The highest BCUT2D eigenvalue weighted by Gasteiger charge is 2.22. The van der Waals surface area contributed by atoms with E-state index in [2.05, 4.69) is 9.84 Å². The quantitative estimate of drug-likeness (QED) is 0.464. The number of carboxylic acid groups (broad SMARTS) is 1. The molecule has 15 heavy (non-hydrogen) atoms. The van der Waals surface area contributed by atoms with Gasteiger partial charge in [-0.15, -0.1) is 4.68 Å². The number of aromatic nitrogens is 2. The first-order valence-corrected chi connectivity index (χ1v) is 4.06. The van der Waals surface area contributed by atoms with Crippen LogP contribution in [0.5, 0.6) is 5.88 Å². The highest BCUT2D eigenvalue weighted by Crippen LogP contribution is 2.22. The van der Waals surface area contributed by atoms with Gasteiger partial charge in [0.05, 0.1) is 11.1 Å². The van der Waals surface area contributed by atoms with Crippen LogP contribution in [-0.2, 0) is 0 Å². The lowest BCUT2D eigenvalue weighted by Gasteiger charge is -2.03. The van der Waals surface area contributed by atoms with Crippen molar-refractivity contribution in [3.05, 3.63) is 16.2 Å². The molecule has 1 heterocycles. The van der Waals surface area contributed by atoms with E-state index in [1.165, 1.54) is 0 Å². The van der Waals surface area contributed by atoms with E-state index in [4.69, 9.17) is 5.11 Å². The van der Waals surface area contributed by atoms with E-state index >= 15 is 0 Å². The van der Waals surface area contributed by atoms with E-state index in [0.29, 0.717) is 0 Å². The van der Waals surface area contributed by atoms with Crippen molar-refractivity contribution < 1.29 is 19.6 Å². The van der Waals surface area contributed by atoms with Crippen molar-refractivity contribution in [1.29, 1.82) is 0 Å². The molecule has 1 aromatic heterocycles. The predicted octanol–water partition coefficient (Wildman–Crippen LogP) is 1.43. The largest absolute Gasteiger partial charge is 0.512 e. The maximum absolute atomic E-state index is 10.4. The second kappa shape index (κ2) is 3.95.